The summed E-state index contributed by atoms with van der Waals surface area (Å²) in [6.07, 6.45) is 5.02. The minimum absolute atomic E-state index is 0.156. The van der Waals surface area contributed by atoms with Gasteiger partial charge in [-0.05, 0) is 79.6 Å². The number of amides is 1. The van der Waals surface area contributed by atoms with Crippen LogP contribution in [0.5, 0.6) is 0 Å². The molecule has 0 aromatic heterocycles. The Morgan fingerprint density at radius 1 is 0.861 bits per heavy atom. The Labute approximate surface area is 215 Å². The molecule has 6 nitrogen and oxygen atoms in total. The molecule has 0 saturated carbocycles. The second-order valence-corrected chi connectivity index (χ2v) is 11.5. The molecule has 1 amide bonds. The van der Waals surface area contributed by atoms with Gasteiger partial charge in [0.15, 0.2) is 0 Å². The van der Waals surface area contributed by atoms with Crippen LogP contribution in [0.2, 0.25) is 0 Å². The molecule has 4 rings (SSSR count). The number of piperidine rings is 1. The molecule has 1 heterocycles. The topological polar surface area (TPSA) is 69.7 Å². The van der Waals surface area contributed by atoms with Crippen molar-refractivity contribution >= 4 is 27.3 Å². The summed E-state index contributed by atoms with van der Waals surface area (Å²) in [5, 5.41) is 2.98. The molecule has 0 aliphatic carbocycles. The zero-order chi connectivity index (χ0) is 25.7. The molecule has 1 N–H and O–H groups in total. The van der Waals surface area contributed by atoms with Crippen molar-refractivity contribution in [3.63, 3.8) is 0 Å². The van der Waals surface area contributed by atoms with Crippen LogP contribution < -0.4 is 14.5 Å². The fourth-order valence-corrected chi connectivity index (χ4v) is 5.75. The van der Waals surface area contributed by atoms with Crippen LogP contribution in [0.1, 0.15) is 51.9 Å². The molecular formula is C29H35N3O3S. The van der Waals surface area contributed by atoms with E-state index in [1.807, 2.05) is 44.2 Å². The van der Waals surface area contributed by atoms with E-state index in [1.54, 1.807) is 12.1 Å². The first-order chi connectivity index (χ1) is 17.2. The Hall–Kier alpha value is -3.32. The lowest BCUT2D eigenvalue weighted by Crippen LogP contribution is -2.30. The van der Waals surface area contributed by atoms with Crippen LogP contribution in [0.4, 0.5) is 11.4 Å². The van der Waals surface area contributed by atoms with E-state index in [2.05, 4.69) is 34.5 Å². The van der Waals surface area contributed by atoms with Crippen molar-refractivity contribution < 1.29 is 13.2 Å². The van der Waals surface area contributed by atoms with Crippen LogP contribution in [0.15, 0.2) is 66.7 Å². The van der Waals surface area contributed by atoms with Gasteiger partial charge in [-0.25, -0.2) is 8.42 Å². The highest BCUT2D eigenvalue weighted by Gasteiger charge is 2.21. The molecule has 3 aromatic rings. The molecule has 0 bridgehead atoms. The second kappa shape index (κ2) is 11.2. The average Bonchev–Trinajstić information content (AvgIpc) is 2.87. The van der Waals surface area contributed by atoms with Gasteiger partial charge in [0.1, 0.15) is 0 Å². The van der Waals surface area contributed by atoms with E-state index in [4.69, 9.17) is 0 Å². The summed E-state index contributed by atoms with van der Waals surface area (Å²) < 4.78 is 26.6. The molecule has 190 valence electrons. The van der Waals surface area contributed by atoms with Crippen molar-refractivity contribution in [3.8, 4) is 0 Å². The molecule has 0 radical (unpaired) electrons. The van der Waals surface area contributed by atoms with E-state index >= 15 is 0 Å². The van der Waals surface area contributed by atoms with E-state index in [1.165, 1.54) is 35.5 Å². The summed E-state index contributed by atoms with van der Waals surface area (Å²) in [6, 6.07) is 21.3. The number of hydrogen-bond donors (Lipinski definition) is 1. The standard InChI is InChI=1S/C29H35N3O3S/c1-22-8-7-9-23(2)28(22)32(36(3,34)35)21-25-10-14-26(15-11-25)29(33)30-20-24-12-16-27(17-13-24)31-18-5-4-6-19-31/h7-17H,4-6,18-21H2,1-3H3,(H,30,33). The average molecular weight is 506 g/mol. The zero-order valence-electron chi connectivity index (χ0n) is 21.3. The molecule has 7 heteroatoms. The Kier molecular flexibility index (Phi) is 7.99. The predicted molar refractivity (Wildman–Crippen MR) is 147 cm³/mol. The third kappa shape index (κ3) is 6.26. The highest BCUT2D eigenvalue weighted by Crippen LogP contribution is 2.28. The van der Waals surface area contributed by atoms with E-state index in [0.717, 1.165) is 35.3 Å². The Morgan fingerprint density at radius 3 is 2.03 bits per heavy atom. The number of anilines is 2. The third-order valence-electron chi connectivity index (χ3n) is 6.74. The van der Waals surface area contributed by atoms with Gasteiger partial charge in [0.05, 0.1) is 18.5 Å². The Bertz CT molecular complexity index is 1280. The number of para-hydroxylation sites is 1. The first-order valence-corrected chi connectivity index (χ1v) is 14.3. The van der Waals surface area contributed by atoms with E-state index in [0.29, 0.717) is 17.8 Å². The van der Waals surface area contributed by atoms with Gasteiger partial charge in [0, 0.05) is 30.9 Å². The highest BCUT2D eigenvalue weighted by atomic mass is 32.2. The molecule has 0 atom stereocenters. The second-order valence-electron chi connectivity index (χ2n) is 9.60. The van der Waals surface area contributed by atoms with E-state index < -0.39 is 10.0 Å². The van der Waals surface area contributed by atoms with Gasteiger partial charge >= 0.3 is 0 Å². The van der Waals surface area contributed by atoms with Crippen molar-refractivity contribution in [3.05, 3.63) is 94.5 Å². The predicted octanol–water partition coefficient (Wildman–Crippen LogP) is 5.19. The van der Waals surface area contributed by atoms with Crippen LogP contribution in [0.25, 0.3) is 0 Å². The van der Waals surface area contributed by atoms with Crippen molar-refractivity contribution in [2.45, 2.75) is 46.2 Å². The Balaban J connectivity index is 1.38. The number of carbonyl (C=O) groups excluding carboxylic acids is 1. The zero-order valence-corrected chi connectivity index (χ0v) is 22.1. The van der Waals surface area contributed by atoms with E-state index in [9.17, 15) is 13.2 Å². The molecule has 1 aliphatic rings. The van der Waals surface area contributed by atoms with Crippen LogP contribution >= 0.6 is 0 Å². The van der Waals surface area contributed by atoms with Gasteiger partial charge in [-0.15, -0.1) is 0 Å². The number of benzene rings is 3. The summed E-state index contributed by atoms with van der Waals surface area (Å²) in [4.78, 5) is 15.1. The third-order valence-corrected chi connectivity index (χ3v) is 7.85. The van der Waals surface area contributed by atoms with Gasteiger partial charge in [-0.1, -0.05) is 42.5 Å². The van der Waals surface area contributed by atoms with Gasteiger partial charge in [0.25, 0.3) is 5.91 Å². The first kappa shape index (κ1) is 25.8. The van der Waals surface area contributed by atoms with Crippen molar-refractivity contribution in [2.24, 2.45) is 0 Å². The van der Waals surface area contributed by atoms with Crippen LogP contribution in [-0.4, -0.2) is 33.7 Å². The van der Waals surface area contributed by atoms with Gasteiger partial charge in [0.2, 0.25) is 10.0 Å². The largest absolute Gasteiger partial charge is 0.372 e. The van der Waals surface area contributed by atoms with Gasteiger partial charge < -0.3 is 10.2 Å². The number of nitrogens with one attached hydrogen (secondary N) is 1. The number of carbonyl (C=O) groups is 1. The van der Waals surface area contributed by atoms with Gasteiger partial charge in [-0.2, -0.15) is 0 Å². The number of sulfonamides is 1. The summed E-state index contributed by atoms with van der Waals surface area (Å²) >= 11 is 0. The van der Waals surface area contributed by atoms with Crippen molar-refractivity contribution in [2.75, 3.05) is 28.6 Å². The van der Waals surface area contributed by atoms with Crippen LogP contribution in [0, 0.1) is 13.8 Å². The minimum atomic E-state index is -3.49. The van der Waals surface area contributed by atoms with Gasteiger partial charge in [-0.3, -0.25) is 9.10 Å². The molecule has 3 aromatic carbocycles. The van der Waals surface area contributed by atoms with Crippen LogP contribution in [0.3, 0.4) is 0 Å². The molecule has 36 heavy (non-hydrogen) atoms. The lowest BCUT2D eigenvalue weighted by Gasteiger charge is -2.28. The number of aryl methyl sites for hydroxylation is 2. The maximum atomic E-state index is 12.7. The lowest BCUT2D eigenvalue weighted by atomic mass is 10.1. The minimum Gasteiger partial charge on any atom is -0.372 e. The maximum absolute atomic E-state index is 12.7. The normalized spacial score (nSPS) is 13.9. The summed E-state index contributed by atoms with van der Waals surface area (Å²) in [5.74, 6) is -0.156. The molecule has 1 saturated heterocycles. The van der Waals surface area contributed by atoms with Crippen molar-refractivity contribution in [1.82, 2.24) is 5.32 Å². The molecule has 1 aliphatic heterocycles. The fraction of sp³-hybridized carbons (Fsp3) is 0.345. The Morgan fingerprint density at radius 2 is 1.44 bits per heavy atom. The quantitative estimate of drug-likeness (QED) is 0.457. The van der Waals surface area contributed by atoms with Crippen LogP contribution in [-0.2, 0) is 23.1 Å². The summed E-state index contributed by atoms with van der Waals surface area (Å²) in [7, 11) is -3.49. The van der Waals surface area contributed by atoms with E-state index in [-0.39, 0.29) is 12.5 Å². The lowest BCUT2D eigenvalue weighted by molar-refractivity contribution is 0.0951. The molecule has 0 unspecified atom stereocenters. The summed E-state index contributed by atoms with van der Waals surface area (Å²) in [6.45, 7) is 6.70. The highest BCUT2D eigenvalue weighted by molar-refractivity contribution is 7.92. The monoisotopic (exact) mass is 505 g/mol. The number of rotatable bonds is 8. The SMILES string of the molecule is Cc1cccc(C)c1N(Cc1ccc(C(=O)NCc2ccc(N3CCCCC3)cc2)cc1)S(C)(=O)=O. The summed E-state index contributed by atoms with van der Waals surface area (Å²) in [5.41, 5.74) is 6.16. The first-order valence-electron chi connectivity index (χ1n) is 12.5. The molecule has 0 spiro atoms. The molecule has 1 fully saturated rings. The molecular weight excluding hydrogens is 470 g/mol. The van der Waals surface area contributed by atoms with Crippen molar-refractivity contribution in [1.29, 1.82) is 0 Å². The smallest absolute Gasteiger partial charge is 0.251 e. The maximum Gasteiger partial charge on any atom is 0.251 e. The fourth-order valence-electron chi connectivity index (χ4n) is 4.75. The number of nitrogens with zero attached hydrogens (tertiary/aromatic N) is 2. The number of hydrogen-bond acceptors (Lipinski definition) is 4.